The summed E-state index contributed by atoms with van der Waals surface area (Å²) in [4.78, 5) is 12.6. The van der Waals surface area contributed by atoms with Gasteiger partial charge in [-0.3, -0.25) is 9.48 Å². The molecule has 1 aromatic heterocycles. The van der Waals surface area contributed by atoms with Gasteiger partial charge in [-0.05, 0) is 37.1 Å². The number of carbonyl (C=O) groups is 1. The topological polar surface area (TPSA) is 80.0 Å². The van der Waals surface area contributed by atoms with Crippen LogP contribution in [-0.4, -0.2) is 32.6 Å². The summed E-state index contributed by atoms with van der Waals surface area (Å²) in [6, 6.07) is 15.0. The van der Waals surface area contributed by atoms with Crippen LogP contribution in [0.15, 0.2) is 54.7 Å². The van der Waals surface area contributed by atoms with Gasteiger partial charge in [0.2, 0.25) is 0 Å². The molecule has 3 aromatic rings. The number of benzene rings is 2. The van der Waals surface area contributed by atoms with Crippen LogP contribution in [0.2, 0.25) is 0 Å². The number of aliphatic hydroxyl groups is 1. The molecule has 0 atom stereocenters. The molecule has 0 saturated heterocycles. The summed E-state index contributed by atoms with van der Waals surface area (Å²) in [5.41, 5.74) is 3.79. The fraction of sp³-hybridized carbons (Fsp3) is 0.211. The van der Waals surface area contributed by atoms with Crippen molar-refractivity contribution in [1.29, 1.82) is 0 Å². The minimum absolute atomic E-state index is 0.115. The lowest BCUT2D eigenvalue weighted by atomic mass is 10.0. The van der Waals surface area contributed by atoms with Crippen LogP contribution in [0.3, 0.4) is 0 Å². The number of nitrogens with one attached hydrogen (secondary N) is 1. The van der Waals surface area contributed by atoms with Gasteiger partial charge < -0.3 is 10.4 Å². The van der Waals surface area contributed by atoms with E-state index >= 15 is 0 Å². The number of aryl methyl sites for hydroxylation is 2. The zero-order chi connectivity index (χ0) is 17.6. The number of aliphatic hydroxyl groups excluding tert-OH is 1. The lowest BCUT2D eigenvalue weighted by Gasteiger charge is -2.09. The predicted molar refractivity (Wildman–Crippen MR) is 96.3 cm³/mol. The second-order valence-corrected chi connectivity index (χ2v) is 5.79. The van der Waals surface area contributed by atoms with Crippen LogP contribution < -0.4 is 5.32 Å². The zero-order valence-corrected chi connectivity index (χ0v) is 14.0. The molecule has 0 fully saturated rings. The van der Waals surface area contributed by atoms with E-state index in [0.29, 0.717) is 24.2 Å². The Labute approximate surface area is 146 Å². The van der Waals surface area contributed by atoms with E-state index in [0.717, 1.165) is 16.8 Å². The third kappa shape index (κ3) is 4.10. The van der Waals surface area contributed by atoms with E-state index in [9.17, 15) is 4.79 Å². The molecule has 0 radical (unpaired) electrons. The second-order valence-electron chi connectivity index (χ2n) is 5.79. The van der Waals surface area contributed by atoms with Crippen LogP contribution in [0.25, 0.3) is 11.3 Å². The third-order valence-corrected chi connectivity index (χ3v) is 3.89. The molecule has 0 spiro atoms. The van der Waals surface area contributed by atoms with Crippen molar-refractivity contribution in [3.05, 3.63) is 65.9 Å². The van der Waals surface area contributed by atoms with E-state index in [4.69, 9.17) is 5.11 Å². The van der Waals surface area contributed by atoms with Crippen LogP contribution in [0.4, 0.5) is 5.69 Å². The van der Waals surface area contributed by atoms with Gasteiger partial charge in [-0.1, -0.05) is 35.5 Å². The molecule has 0 aliphatic carbocycles. The average molecular weight is 336 g/mol. The molecular formula is C19H20N4O2. The third-order valence-electron chi connectivity index (χ3n) is 3.89. The maximum Gasteiger partial charge on any atom is 0.255 e. The first kappa shape index (κ1) is 16.9. The van der Waals surface area contributed by atoms with Gasteiger partial charge in [-0.2, -0.15) is 0 Å². The highest BCUT2D eigenvalue weighted by Crippen LogP contribution is 2.21. The van der Waals surface area contributed by atoms with Gasteiger partial charge in [0, 0.05) is 30.0 Å². The van der Waals surface area contributed by atoms with Gasteiger partial charge >= 0.3 is 0 Å². The lowest BCUT2D eigenvalue weighted by molar-refractivity contribution is 0.102. The Kier molecular flexibility index (Phi) is 5.20. The number of aromatic nitrogens is 3. The van der Waals surface area contributed by atoms with Crippen molar-refractivity contribution in [3.63, 3.8) is 0 Å². The van der Waals surface area contributed by atoms with E-state index in [1.165, 1.54) is 0 Å². The Morgan fingerprint density at radius 2 is 2.00 bits per heavy atom. The van der Waals surface area contributed by atoms with Gasteiger partial charge in [0.15, 0.2) is 0 Å². The lowest BCUT2D eigenvalue weighted by Crippen LogP contribution is -2.13. The summed E-state index contributed by atoms with van der Waals surface area (Å²) in [6.07, 6.45) is 2.45. The molecule has 1 heterocycles. The van der Waals surface area contributed by atoms with Crippen molar-refractivity contribution >= 4 is 11.6 Å². The van der Waals surface area contributed by atoms with E-state index in [1.807, 2.05) is 61.7 Å². The SMILES string of the molecule is Cc1ccc(-c2cn(CCCO)nn2)cc1C(=O)Nc1ccccc1. The van der Waals surface area contributed by atoms with Crippen molar-refractivity contribution in [1.82, 2.24) is 15.0 Å². The van der Waals surface area contributed by atoms with Gasteiger partial charge in [0.05, 0.1) is 6.20 Å². The largest absolute Gasteiger partial charge is 0.396 e. The average Bonchev–Trinajstić information content (AvgIpc) is 3.10. The Hall–Kier alpha value is -2.99. The Bertz CT molecular complexity index is 859. The summed E-state index contributed by atoms with van der Waals surface area (Å²) < 4.78 is 1.69. The van der Waals surface area contributed by atoms with Crippen LogP contribution in [-0.2, 0) is 6.54 Å². The molecule has 0 aliphatic rings. The highest BCUT2D eigenvalue weighted by molar-refractivity contribution is 6.05. The van der Waals surface area contributed by atoms with Crippen LogP contribution >= 0.6 is 0 Å². The summed E-state index contributed by atoms with van der Waals surface area (Å²) in [5.74, 6) is -0.154. The number of para-hydroxylation sites is 1. The van der Waals surface area contributed by atoms with Crippen molar-refractivity contribution < 1.29 is 9.90 Å². The van der Waals surface area contributed by atoms with E-state index in [-0.39, 0.29) is 12.5 Å². The van der Waals surface area contributed by atoms with Crippen molar-refractivity contribution in [3.8, 4) is 11.3 Å². The first-order valence-corrected chi connectivity index (χ1v) is 8.16. The fourth-order valence-electron chi connectivity index (χ4n) is 2.52. The molecule has 128 valence electrons. The number of amides is 1. The quantitative estimate of drug-likeness (QED) is 0.725. The van der Waals surface area contributed by atoms with Crippen molar-refractivity contribution in [2.45, 2.75) is 19.9 Å². The second kappa shape index (κ2) is 7.72. The predicted octanol–water partition coefficient (Wildman–Crippen LogP) is 2.89. The molecule has 6 nitrogen and oxygen atoms in total. The Morgan fingerprint density at radius 1 is 1.20 bits per heavy atom. The molecule has 6 heteroatoms. The van der Waals surface area contributed by atoms with Gasteiger partial charge in [0.1, 0.15) is 5.69 Å². The van der Waals surface area contributed by atoms with Gasteiger partial charge in [0.25, 0.3) is 5.91 Å². The minimum atomic E-state index is -0.154. The molecule has 0 bridgehead atoms. The standard InChI is InChI=1S/C19H20N4O2/c1-14-8-9-15(18-13-23(22-21-18)10-5-11-24)12-17(14)19(25)20-16-6-3-2-4-7-16/h2-4,6-9,12-13,24H,5,10-11H2,1H3,(H,20,25). The molecule has 25 heavy (non-hydrogen) atoms. The Morgan fingerprint density at radius 3 is 2.76 bits per heavy atom. The fourth-order valence-corrected chi connectivity index (χ4v) is 2.52. The van der Waals surface area contributed by atoms with Crippen molar-refractivity contribution in [2.75, 3.05) is 11.9 Å². The molecule has 0 unspecified atom stereocenters. The number of carbonyl (C=O) groups excluding carboxylic acids is 1. The summed E-state index contributed by atoms with van der Waals surface area (Å²) in [6.45, 7) is 2.63. The molecule has 2 N–H and O–H groups in total. The highest BCUT2D eigenvalue weighted by Gasteiger charge is 2.12. The molecule has 0 aliphatic heterocycles. The minimum Gasteiger partial charge on any atom is -0.396 e. The Balaban J connectivity index is 1.82. The van der Waals surface area contributed by atoms with Gasteiger partial charge in [-0.15, -0.1) is 5.10 Å². The van der Waals surface area contributed by atoms with E-state index in [2.05, 4.69) is 15.6 Å². The normalized spacial score (nSPS) is 10.6. The molecule has 0 saturated carbocycles. The van der Waals surface area contributed by atoms with E-state index < -0.39 is 0 Å². The van der Waals surface area contributed by atoms with Crippen LogP contribution in [0.5, 0.6) is 0 Å². The zero-order valence-electron chi connectivity index (χ0n) is 14.0. The van der Waals surface area contributed by atoms with Crippen molar-refractivity contribution in [2.24, 2.45) is 0 Å². The number of rotatable bonds is 6. The highest BCUT2D eigenvalue weighted by atomic mass is 16.3. The maximum absolute atomic E-state index is 12.6. The van der Waals surface area contributed by atoms with Crippen LogP contribution in [0.1, 0.15) is 22.3 Å². The van der Waals surface area contributed by atoms with Crippen LogP contribution in [0, 0.1) is 6.92 Å². The number of hydrogen-bond acceptors (Lipinski definition) is 4. The smallest absolute Gasteiger partial charge is 0.255 e. The molecule has 3 rings (SSSR count). The molecular weight excluding hydrogens is 316 g/mol. The van der Waals surface area contributed by atoms with Gasteiger partial charge in [-0.25, -0.2) is 0 Å². The summed E-state index contributed by atoms with van der Waals surface area (Å²) in [5, 5.41) is 20.0. The molecule has 2 aromatic carbocycles. The maximum atomic E-state index is 12.6. The first-order chi connectivity index (χ1) is 12.2. The number of hydrogen-bond donors (Lipinski definition) is 2. The monoisotopic (exact) mass is 336 g/mol. The summed E-state index contributed by atoms with van der Waals surface area (Å²) in [7, 11) is 0. The summed E-state index contributed by atoms with van der Waals surface area (Å²) >= 11 is 0. The number of anilines is 1. The first-order valence-electron chi connectivity index (χ1n) is 8.16. The number of nitrogens with zero attached hydrogens (tertiary/aromatic N) is 3. The molecule has 1 amide bonds. The van der Waals surface area contributed by atoms with E-state index in [1.54, 1.807) is 4.68 Å².